The van der Waals surface area contributed by atoms with Crippen LogP contribution in [0.5, 0.6) is 0 Å². The Labute approximate surface area is 138 Å². The first-order valence-electron chi connectivity index (χ1n) is 7.35. The van der Waals surface area contributed by atoms with Crippen molar-refractivity contribution in [1.29, 1.82) is 0 Å². The monoisotopic (exact) mass is 358 g/mol. The zero-order valence-corrected chi connectivity index (χ0v) is 13.2. The molecule has 4 heterocycles. The van der Waals surface area contributed by atoms with Crippen LogP contribution in [0.25, 0.3) is 0 Å². The van der Waals surface area contributed by atoms with Crippen LogP contribution in [0, 0.1) is 0 Å². The second-order valence-corrected chi connectivity index (χ2v) is 6.68. The van der Waals surface area contributed by atoms with E-state index in [9.17, 15) is 18.0 Å². The van der Waals surface area contributed by atoms with Crippen molar-refractivity contribution in [2.75, 3.05) is 18.0 Å². The molecule has 2 aromatic rings. The third kappa shape index (κ3) is 2.62. The van der Waals surface area contributed by atoms with E-state index < -0.39 is 18.6 Å². The van der Waals surface area contributed by atoms with Crippen LogP contribution in [-0.2, 0) is 6.54 Å². The molecular formula is C13H13F3N6OS. The van der Waals surface area contributed by atoms with E-state index in [0.717, 1.165) is 16.2 Å². The van der Waals surface area contributed by atoms with Gasteiger partial charge in [0.2, 0.25) is 5.13 Å². The van der Waals surface area contributed by atoms with Crippen LogP contribution in [0.3, 0.4) is 0 Å². The van der Waals surface area contributed by atoms with Crippen molar-refractivity contribution in [3.63, 3.8) is 0 Å². The molecule has 0 aromatic carbocycles. The van der Waals surface area contributed by atoms with Crippen LogP contribution in [0.1, 0.15) is 16.9 Å². The predicted molar refractivity (Wildman–Crippen MR) is 78.8 cm³/mol. The van der Waals surface area contributed by atoms with Crippen molar-refractivity contribution in [2.45, 2.75) is 31.2 Å². The molecule has 0 saturated carbocycles. The number of halogens is 3. The Hall–Kier alpha value is -2.17. The fourth-order valence-electron chi connectivity index (χ4n) is 3.40. The number of nitrogens with zero attached hydrogens (tertiary/aromatic N) is 6. The van der Waals surface area contributed by atoms with E-state index in [2.05, 4.69) is 20.2 Å². The number of piperazine rings is 1. The third-order valence-corrected chi connectivity index (χ3v) is 5.09. The Bertz CT molecular complexity index is 745. The van der Waals surface area contributed by atoms with E-state index in [1.165, 1.54) is 23.6 Å². The van der Waals surface area contributed by atoms with Gasteiger partial charge in [-0.05, 0) is 12.5 Å². The highest BCUT2D eigenvalue weighted by Gasteiger charge is 2.47. The topological polar surface area (TPSA) is 67.2 Å². The number of rotatable bonds is 3. The summed E-state index contributed by atoms with van der Waals surface area (Å²) in [4.78, 5) is 16.4. The number of hydrogen-bond acceptors (Lipinski definition) is 6. The second-order valence-electron chi connectivity index (χ2n) is 5.86. The summed E-state index contributed by atoms with van der Waals surface area (Å²) in [5.41, 5.74) is 1.63. The summed E-state index contributed by atoms with van der Waals surface area (Å²) in [6, 6.07) is 1.44. The van der Waals surface area contributed by atoms with Gasteiger partial charge >= 0.3 is 6.18 Å². The molecule has 0 N–H and O–H groups in total. The molecule has 4 rings (SSSR count). The molecule has 24 heavy (non-hydrogen) atoms. The quantitative estimate of drug-likeness (QED) is 0.830. The van der Waals surface area contributed by atoms with Gasteiger partial charge in [-0.2, -0.15) is 18.3 Å². The van der Waals surface area contributed by atoms with Gasteiger partial charge < -0.3 is 9.80 Å². The van der Waals surface area contributed by atoms with E-state index in [-0.39, 0.29) is 17.8 Å². The molecule has 1 amide bonds. The van der Waals surface area contributed by atoms with Gasteiger partial charge in [-0.15, -0.1) is 10.2 Å². The van der Waals surface area contributed by atoms with Crippen LogP contribution >= 0.6 is 11.3 Å². The smallest absolute Gasteiger partial charge is 0.340 e. The van der Waals surface area contributed by atoms with Gasteiger partial charge in [0.25, 0.3) is 5.91 Å². The summed E-state index contributed by atoms with van der Waals surface area (Å²) in [5, 5.41) is 12.3. The lowest BCUT2D eigenvalue weighted by molar-refractivity contribution is -0.142. The first-order valence-corrected chi connectivity index (χ1v) is 8.23. The molecule has 11 heteroatoms. The Kier molecular flexibility index (Phi) is 3.48. The average Bonchev–Trinajstić information content (AvgIpc) is 3.27. The second kappa shape index (κ2) is 5.43. The summed E-state index contributed by atoms with van der Waals surface area (Å²) in [7, 11) is 0. The molecular weight excluding hydrogens is 345 g/mol. The molecule has 2 aromatic heterocycles. The van der Waals surface area contributed by atoms with Crippen molar-refractivity contribution in [3.8, 4) is 0 Å². The molecule has 2 atom stereocenters. The van der Waals surface area contributed by atoms with E-state index >= 15 is 0 Å². The summed E-state index contributed by atoms with van der Waals surface area (Å²) < 4.78 is 38.5. The van der Waals surface area contributed by atoms with E-state index in [1.54, 1.807) is 10.4 Å². The Morgan fingerprint density at radius 3 is 2.79 bits per heavy atom. The van der Waals surface area contributed by atoms with E-state index in [0.29, 0.717) is 13.1 Å². The number of hydrogen-bond donors (Lipinski definition) is 0. The van der Waals surface area contributed by atoms with Crippen LogP contribution in [0.4, 0.5) is 18.3 Å². The van der Waals surface area contributed by atoms with Gasteiger partial charge in [0.15, 0.2) is 0 Å². The van der Waals surface area contributed by atoms with Crippen molar-refractivity contribution in [1.82, 2.24) is 24.9 Å². The normalized spacial score (nSPS) is 23.3. The van der Waals surface area contributed by atoms with Gasteiger partial charge in [0.1, 0.15) is 17.7 Å². The van der Waals surface area contributed by atoms with Gasteiger partial charge in [0, 0.05) is 19.3 Å². The lowest BCUT2D eigenvalue weighted by Gasteiger charge is -2.33. The van der Waals surface area contributed by atoms with Crippen LogP contribution in [0.15, 0.2) is 17.8 Å². The minimum atomic E-state index is -4.42. The fraction of sp³-hybridized carbons (Fsp3) is 0.538. The molecule has 0 radical (unpaired) electrons. The van der Waals surface area contributed by atoms with Crippen LogP contribution in [0.2, 0.25) is 0 Å². The van der Waals surface area contributed by atoms with Crippen LogP contribution < -0.4 is 4.90 Å². The fourth-order valence-corrected chi connectivity index (χ4v) is 4.04. The van der Waals surface area contributed by atoms with Crippen LogP contribution in [-0.4, -0.2) is 62.1 Å². The summed E-state index contributed by atoms with van der Waals surface area (Å²) in [6.45, 7) is -0.167. The molecule has 2 aliphatic heterocycles. The zero-order valence-electron chi connectivity index (χ0n) is 12.3. The molecule has 2 bridgehead atoms. The minimum Gasteiger partial charge on any atom is -0.340 e. The van der Waals surface area contributed by atoms with Gasteiger partial charge in [-0.25, -0.2) is 0 Å². The van der Waals surface area contributed by atoms with E-state index in [1.807, 2.05) is 0 Å². The summed E-state index contributed by atoms with van der Waals surface area (Å²) in [6.07, 6.45) is -2.40. The molecule has 2 saturated heterocycles. The van der Waals surface area contributed by atoms with Gasteiger partial charge in [-0.1, -0.05) is 11.3 Å². The first kappa shape index (κ1) is 15.4. The number of alkyl halides is 3. The Morgan fingerprint density at radius 1 is 1.33 bits per heavy atom. The molecule has 128 valence electrons. The Morgan fingerprint density at radius 2 is 2.17 bits per heavy atom. The Balaban J connectivity index is 1.49. The zero-order chi connectivity index (χ0) is 16.9. The summed E-state index contributed by atoms with van der Waals surface area (Å²) >= 11 is 1.44. The number of aromatic nitrogens is 4. The molecule has 2 fully saturated rings. The maximum atomic E-state index is 12.7. The first-order chi connectivity index (χ1) is 11.4. The van der Waals surface area contributed by atoms with Gasteiger partial charge in [-0.3, -0.25) is 9.48 Å². The number of likely N-dealkylation sites (tertiary alicyclic amines) is 1. The highest BCUT2D eigenvalue weighted by Crippen LogP contribution is 2.35. The summed E-state index contributed by atoms with van der Waals surface area (Å²) in [5.74, 6) is -0.402. The van der Waals surface area contributed by atoms with Crippen molar-refractivity contribution < 1.29 is 18.0 Å². The minimum absolute atomic E-state index is 0.0256. The molecule has 0 spiro atoms. The number of carbonyl (C=O) groups is 1. The predicted octanol–water partition coefficient (Wildman–Crippen LogP) is 1.40. The SMILES string of the molecule is O=C(c1ccnn1CC(F)(F)F)N1C[C@@H]2C[C@H]1CN2c1nncs1. The van der Waals surface area contributed by atoms with Crippen molar-refractivity contribution in [3.05, 3.63) is 23.5 Å². The number of fused-ring (bicyclic) bond motifs is 2. The number of anilines is 1. The molecule has 7 nitrogen and oxygen atoms in total. The lowest BCUT2D eigenvalue weighted by atomic mass is 10.2. The van der Waals surface area contributed by atoms with E-state index in [4.69, 9.17) is 0 Å². The highest BCUT2D eigenvalue weighted by molar-refractivity contribution is 7.13. The largest absolute Gasteiger partial charge is 0.408 e. The van der Waals surface area contributed by atoms with Gasteiger partial charge in [0.05, 0.1) is 12.1 Å². The maximum absolute atomic E-state index is 12.7. The van der Waals surface area contributed by atoms with Crippen molar-refractivity contribution >= 4 is 22.4 Å². The molecule has 0 unspecified atom stereocenters. The third-order valence-electron chi connectivity index (χ3n) is 4.36. The lowest BCUT2D eigenvalue weighted by Crippen LogP contribution is -2.49. The molecule has 0 aliphatic carbocycles. The maximum Gasteiger partial charge on any atom is 0.408 e. The number of carbonyl (C=O) groups excluding carboxylic acids is 1. The molecule has 2 aliphatic rings. The standard InChI is InChI=1S/C13H13F3N6OS/c14-13(15,16)6-22-10(1-2-18-22)11(23)20-4-9-3-8(20)5-21(9)12-19-17-7-24-12/h1-2,7-9H,3-6H2/t8-,9-/m0/s1. The highest BCUT2D eigenvalue weighted by atomic mass is 32.1. The average molecular weight is 358 g/mol. The number of amides is 1. The van der Waals surface area contributed by atoms with Crippen molar-refractivity contribution in [2.24, 2.45) is 0 Å².